The second-order valence-electron chi connectivity index (χ2n) is 9.22. The van der Waals surface area contributed by atoms with Gasteiger partial charge in [0.25, 0.3) is 5.91 Å². The zero-order chi connectivity index (χ0) is 24.3. The van der Waals surface area contributed by atoms with Crippen LogP contribution in [-0.4, -0.2) is 69.6 Å². The number of fused-ring (bicyclic) bond motifs is 1. The summed E-state index contributed by atoms with van der Waals surface area (Å²) in [4.78, 5) is 17.4. The van der Waals surface area contributed by atoms with E-state index in [-0.39, 0.29) is 23.5 Å². The topological polar surface area (TPSA) is 78.9 Å². The molecular formula is C27H31N3O4S. The molecule has 0 radical (unpaired) electrons. The molecule has 35 heavy (non-hydrogen) atoms. The van der Waals surface area contributed by atoms with Crippen LogP contribution >= 0.6 is 0 Å². The molecule has 184 valence electrons. The van der Waals surface area contributed by atoms with Gasteiger partial charge in [0.15, 0.2) is 0 Å². The Labute approximate surface area is 206 Å². The molecule has 0 aromatic heterocycles. The molecule has 0 bridgehead atoms. The number of nitrogens with zero attached hydrogens (tertiary/aromatic N) is 2. The van der Waals surface area contributed by atoms with E-state index in [1.54, 1.807) is 12.1 Å². The van der Waals surface area contributed by atoms with Gasteiger partial charge < -0.3 is 9.64 Å². The molecular weight excluding hydrogens is 462 g/mol. The molecule has 2 aliphatic rings. The molecule has 1 atom stereocenters. The van der Waals surface area contributed by atoms with E-state index in [0.29, 0.717) is 25.3 Å². The van der Waals surface area contributed by atoms with Crippen LogP contribution in [0, 0.1) is 0 Å². The number of benzene rings is 3. The fourth-order valence-electron chi connectivity index (χ4n) is 4.83. The molecule has 0 saturated carbocycles. The van der Waals surface area contributed by atoms with Crippen LogP contribution in [0.25, 0.3) is 10.8 Å². The first-order valence-electron chi connectivity index (χ1n) is 12.2. The molecule has 1 amide bonds. The highest BCUT2D eigenvalue weighted by molar-refractivity contribution is 7.89. The molecule has 1 N–H and O–H groups in total. The molecule has 3 aromatic carbocycles. The molecule has 7 nitrogen and oxygen atoms in total. The fraction of sp³-hybridized carbons (Fsp3) is 0.370. The van der Waals surface area contributed by atoms with Crippen LogP contribution in [-0.2, 0) is 21.3 Å². The van der Waals surface area contributed by atoms with Crippen molar-refractivity contribution in [2.75, 3.05) is 39.3 Å². The Morgan fingerprint density at radius 3 is 2.43 bits per heavy atom. The lowest BCUT2D eigenvalue weighted by atomic mass is 10.0. The summed E-state index contributed by atoms with van der Waals surface area (Å²) in [6, 6.07) is 21.0. The average Bonchev–Trinajstić information content (AvgIpc) is 3.42. The van der Waals surface area contributed by atoms with Gasteiger partial charge in [0.05, 0.1) is 11.0 Å². The molecule has 2 saturated heterocycles. The number of piperazine rings is 1. The van der Waals surface area contributed by atoms with Crippen LogP contribution < -0.4 is 4.72 Å². The normalized spacial score (nSPS) is 19.3. The Balaban J connectivity index is 1.16. The molecule has 2 aliphatic heterocycles. The van der Waals surface area contributed by atoms with Crippen molar-refractivity contribution in [1.29, 1.82) is 0 Å². The first-order chi connectivity index (χ1) is 17.0. The lowest BCUT2D eigenvalue weighted by molar-refractivity contribution is 0.0629. The van der Waals surface area contributed by atoms with E-state index in [9.17, 15) is 13.2 Å². The first-order valence-corrected chi connectivity index (χ1v) is 13.7. The minimum Gasteiger partial charge on any atom is -0.377 e. The predicted molar refractivity (Wildman–Crippen MR) is 136 cm³/mol. The maximum Gasteiger partial charge on any atom is 0.253 e. The van der Waals surface area contributed by atoms with Gasteiger partial charge in [0, 0.05) is 51.4 Å². The summed E-state index contributed by atoms with van der Waals surface area (Å²) in [6.07, 6.45) is 1.76. The minimum absolute atomic E-state index is 0.0638. The van der Waals surface area contributed by atoms with Crippen molar-refractivity contribution in [3.05, 3.63) is 77.9 Å². The van der Waals surface area contributed by atoms with E-state index in [4.69, 9.17) is 4.74 Å². The van der Waals surface area contributed by atoms with Crippen molar-refractivity contribution < 1.29 is 17.9 Å². The highest BCUT2D eigenvalue weighted by atomic mass is 32.2. The summed E-state index contributed by atoms with van der Waals surface area (Å²) in [5.74, 6) is -0.0638. The van der Waals surface area contributed by atoms with Crippen molar-refractivity contribution in [3.8, 4) is 0 Å². The second-order valence-corrected chi connectivity index (χ2v) is 11.0. The van der Waals surface area contributed by atoms with E-state index in [1.807, 2.05) is 4.90 Å². The molecule has 0 spiro atoms. The number of carbonyl (C=O) groups excluding carboxylic acids is 1. The second kappa shape index (κ2) is 10.5. The van der Waals surface area contributed by atoms with Crippen molar-refractivity contribution in [3.63, 3.8) is 0 Å². The smallest absolute Gasteiger partial charge is 0.253 e. The standard InChI is InChI=1S/C27H31N3O4S/c31-27(22-10-12-25(13-11-22)35(32,33)28-19-24-8-4-18-34-24)30-16-14-29(15-17-30)20-23-7-3-6-21-5-1-2-9-26(21)23/h1-3,5-7,9-13,24,28H,4,8,14-20H2. The largest absolute Gasteiger partial charge is 0.377 e. The van der Waals surface area contributed by atoms with Crippen molar-refractivity contribution in [2.45, 2.75) is 30.4 Å². The third-order valence-electron chi connectivity index (χ3n) is 6.87. The molecule has 2 heterocycles. The third-order valence-corrected chi connectivity index (χ3v) is 8.31. The number of nitrogens with one attached hydrogen (secondary N) is 1. The summed E-state index contributed by atoms with van der Waals surface area (Å²) < 4.78 is 33.2. The summed E-state index contributed by atoms with van der Waals surface area (Å²) in [5, 5.41) is 2.51. The van der Waals surface area contributed by atoms with Gasteiger partial charge in [0.1, 0.15) is 0 Å². The Morgan fingerprint density at radius 1 is 0.943 bits per heavy atom. The highest BCUT2D eigenvalue weighted by Crippen LogP contribution is 2.21. The quantitative estimate of drug-likeness (QED) is 0.547. The summed E-state index contributed by atoms with van der Waals surface area (Å²) in [7, 11) is -3.63. The van der Waals surface area contributed by atoms with Gasteiger partial charge >= 0.3 is 0 Å². The van der Waals surface area contributed by atoms with Gasteiger partial charge in [-0.3, -0.25) is 9.69 Å². The Morgan fingerprint density at radius 2 is 1.69 bits per heavy atom. The Kier molecular flexibility index (Phi) is 7.15. The number of sulfonamides is 1. The Hall–Kier alpha value is -2.78. The predicted octanol–water partition coefficient (Wildman–Crippen LogP) is 3.26. The van der Waals surface area contributed by atoms with Crippen molar-refractivity contribution >= 4 is 26.7 Å². The third kappa shape index (κ3) is 5.56. The zero-order valence-corrected chi connectivity index (χ0v) is 20.5. The lowest BCUT2D eigenvalue weighted by Crippen LogP contribution is -2.48. The molecule has 8 heteroatoms. The zero-order valence-electron chi connectivity index (χ0n) is 19.7. The van der Waals surface area contributed by atoms with Crippen LogP contribution in [0.15, 0.2) is 71.6 Å². The number of ether oxygens (including phenoxy) is 1. The van der Waals surface area contributed by atoms with Crippen LogP contribution in [0.1, 0.15) is 28.8 Å². The number of hydrogen-bond acceptors (Lipinski definition) is 5. The minimum atomic E-state index is -3.63. The van der Waals surface area contributed by atoms with Gasteiger partial charge in [0.2, 0.25) is 10.0 Å². The average molecular weight is 494 g/mol. The summed E-state index contributed by atoms with van der Waals surface area (Å²) >= 11 is 0. The molecule has 2 fully saturated rings. The molecule has 5 rings (SSSR count). The van der Waals surface area contributed by atoms with Crippen LogP contribution in [0.2, 0.25) is 0 Å². The van der Waals surface area contributed by atoms with Gasteiger partial charge in [-0.2, -0.15) is 0 Å². The van der Waals surface area contributed by atoms with Crippen molar-refractivity contribution in [1.82, 2.24) is 14.5 Å². The van der Waals surface area contributed by atoms with Gasteiger partial charge in [-0.25, -0.2) is 13.1 Å². The van der Waals surface area contributed by atoms with Crippen LogP contribution in [0.5, 0.6) is 0 Å². The molecule has 1 unspecified atom stereocenters. The number of rotatable bonds is 7. The summed E-state index contributed by atoms with van der Waals surface area (Å²) in [6.45, 7) is 4.70. The maximum atomic E-state index is 13.0. The van der Waals surface area contributed by atoms with Crippen molar-refractivity contribution in [2.24, 2.45) is 0 Å². The highest BCUT2D eigenvalue weighted by Gasteiger charge is 2.24. The first kappa shape index (κ1) is 23.9. The Bertz CT molecular complexity index is 1270. The van der Waals surface area contributed by atoms with Gasteiger partial charge in [-0.15, -0.1) is 0 Å². The van der Waals surface area contributed by atoms with E-state index >= 15 is 0 Å². The van der Waals surface area contributed by atoms with E-state index < -0.39 is 10.0 Å². The van der Waals surface area contributed by atoms with E-state index in [1.165, 1.54) is 28.5 Å². The number of hydrogen-bond donors (Lipinski definition) is 1. The summed E-state index contributed by atoms with van der Waals surface area (Å²) in [5.41, 5.74) is 1.80. The maximum absolute atomic E-state index is 13.0. The number of amides is 1. The van der Waals surface area contributed by atoms with E-state index in [2.05, 4.69) is 52.1 Å². The van der Waals surface area contributed by atoms with Gasteiger partial charge in [-0.1, -0.05) is 42.5 Å². The lowest BCUT2D eigenvalue weighted by Gasteiger charge is -2.35. The SMILES string of the molecule is O=C(c1ccc(S(=O)(=O)NCC2CCCO2)cc1)N1CCN(Cc2cccc3ccccc23)CC1. The monoisotopic (exact) mass is 493 g/mol. The molecule has 0 aliphatic carbocycles. The molecule has 3 aromatic rings. The van der Waals surface area contributed by atoms with E-state index in [0.717, 1.165) is 32.5 Å². The van der Waals surface area contributed by atoms with Gasteiger partial charge in [-0.05, 0) is 53.4 Å². The van der Waals surface area contributed by atoms with Crippen LogP contribution in [0.3, 0.4) is 0 Å². The van der Waals surface area contributed by atoms with Crippen LogP contribution in [0.4, 0.5) is 0 Å². The number of carbonyl (C=O) groups is 1. The fourth-order valence-corrected chi connectivity index (χ4v) is 5.90.